The highest BCUT2D eigenvalue weighted by molar-refractivity contribution is 5.54. The first-order valence-electron chi connectivity index (χ1n) is 6.26. The number of nitro benzene ring substituents is 1. The molecule has 2 rings (SSSR count). The number of aliphatic hydroxyl groups is 5. The van der Waals surface area contributed by atoms with Crippen LogP contribution in [0.1, 0.15) is 5.56 Å². The maximum Gasteiger partial charge on any atom is 0.319 e. The zero-order chi connectivity index (χ0) is 16.7. The maximum atomic E-state index is 11.1. The molecule has 0 spiro atoms. The second kappa shape index (κ2) is 5.76. The molecule has 0 unspecified atom stereocenters. The maximum absolute atomic E-state index is 11.1. The molecule has 122 valence electrons. The normalized spacial score (nSPS) is 35.3. The molecular formula is C12H15NO9. The number of nitro groups is 1. The number of phenols is 1. The molecule has 1 aromatic carbocycles. The van der Waals surface area contributed by atoms with Crippen LogP contribution in [-0.4, -0.2) is 66.6 Å². The molecule has 1 aromatic rings. The molecular weight excluding hydrogens is 302 g/mol. The Balaban J connectivity index is 2.59. The first kappa shape index (κ1) is 16.5. The lowest BCUT2D eigenvalue weighted by Gasteiger charge is -2.45. The molecule has 1 aliphatic heterocycles. The van der Waals surface area contributed by atoms with E-state index in [1.807, 2.05) is 0 Å². The molecule has 1 saturated heterocycles. The van der Waals surface area contributed by atoms with Crippen molar-refractivity contribution in [1.29, 1.82) is 0 Å². The van der Waals surface area contributed by atoms with Crippen molar-refractivity contribution in [3.63, 3.8) is 0 Å². The SMILES string of the molecule is O=[N+]([O-])c1c(O)cccc1[C@@]1(O)O[C@H](CO)[C@H](O)[C@H](O)[C@H]1O. The van der Waals surface area contributed by atoms with Gasteiger partial charge >= 0.3 is 5.69 Å². The summed E-state index contributed by atoms with van der Waals surface area (Å²) >= 11 is 0. The lowest BCUT2D eigenvalue weighted by atomic mass is 9.87. The van der Waals surface area contributed by atoms with Crippen LogP contribution in [-0.2, 0) is 10.5 Å². The van der Waals surface area contributed by atoms with E-state index in [1.165, 1.54) is 0 Å². The third kappa shape index (κ3) is 2.41. The largest absolute Gasteiger partial charge is 0.502 e. The van der Waals surface area contributed by atoms with Gasteiger partial charge in [-0.25, -0.2) is 0 Å². The number of hydrogen-bond acceptors (Lipinski definition) is 9. The van der Waals surface area contributed by atoms with Crippen molar-refractivity contribution in [3.05, 3.63) is 33.9 Å². The lowest BCUT2D eigenvalue weighted by molar-refractivity contribution is -0.397. The Bertz CT molecular complexity index is 578. The molecule has 22 heavy (non-hydrogen) atoms. The molecule has 0 radical (unpaired) electrons. The van der Waals surface area contributed by atoms with Gasteiger partial charge < -0.3 is 35.4 Å². The van der Waals surface area contributed by atoms with E-state index in [2.05, 4.69) is 0 Å². The second-order valence-corrected chi connectivity index (χ2v) is 4.89. The van der Waals surface area contributed by atoms with Gasteiger partial charge in [0.05, 0.1) is 17.1 Å². The van der Waals surface area contributed by atoms with E-state index in [-0.39, 0.29) is 0 Å². The summed E-state index contributed by atoms with van der Waals surface area (Å²) in [6, 6.07) is 3.17. The van der Waals surface area contributed by atoms with Crippen LogP contribution in [0.15, 0.2) is 18.2 Å². The lowest BCUT2D eigenvalue weighted by Crippen LogP contribution is -2.63. The van der Waals surface area contributed by atoms with Gasteiger partial charge in [-0.2, -0.15) is 0 Å². The van der Waals surface area contributed by atoms with Crippen molar-refractivity contribution in [2.24, 2.45) is 0 Å². The molecule has 10 nitrogen and oxygen atoms in total. The molecule has 6 N–H and O–H groups in total. The molecule has 0 amide bonds. The van der Waals surface area contributed by atoms with E-state index >= 15 is 0 Å². The first-order chi connectivity index (χ1) is 10.2. The predicted molar refractivity (Wildman–Crippen MR) is 68.6 cm³/mol. The topological polar surface area (TPSA) is 174 Å². The summed E-state index contributed by atoms with van der Waals surface area (Å²) in [4.78, 5) is 10.1. The Morgan fingerprint density at radius 3 is 2.45 bits per heavy atom. The number of para-hydroxylation sites is 1. The fraction of sp³-hybridized carbons (Fsp3) is 0.500. The minimum Gasteiger partial charge on any atom is -0.502 e. The van der Waals surface area contributed by atoms with Crippen LogP contribution >= 0.6 is 0 Å². The minimum absolute atomic E-state index is 0.616. The van der Waals surface area contributed by atoms with Gasteiger partial charge in [-0.1, -0.05) is 6.07 Å². The minimum atomic E-state index is -2.80. The summed E-state index contributed by atoms with van der Waals surface area (Å²) in [5.41, 5.74) is -1.54. The van der Waals surface area contributed by atoms with Crippen LogP contribution < -0.4 is 0 Å². The van der Waals surface area contributed by atoms with Gasteiger partial charge in [0, 0.05) is 0 Å². The third-order valence-electron chi connectivity index (χ3n) is 3.55. The summed E-state index contributed by atoms with van der Waals surface area (Å²) in [6.45, 7) is -0.820. The fourth-order valence-electron chi connectivity index (χ4n) is 2.39. The molecule has 1 heterocycles. The average molecular weight is 317 g/mol. The van der Waals surface area contributed by atoms with Crippen LogP contribution in [0.5, 0.6) is 5.75 Å². The van der Waals surface area contributed by atoms with Gasteiger partial charge in [0.25, 0.3) is 0 Å². The highest BCUT2D eigenvalue weighted by Crippen LogP contribution is 2.43. The van der Waals surface area contributed by atoms with Crippen LogP contribution in [0, 0.1) is 10.1 Å². The van der Waals surface area contributed by atoms with Crippen molar-refractivity contribution in [1.82, 2.24) is 0 Å². The first-order valence-corrected chi connectivity index (χ1v) is 6.26. The molecule has 10 heteroatoms. The van der Waals surface area contributed by atoms with E-state index in [4.69, 9.17) is 9.84 Å². The number of aliphatic hydroxyl groups excluding tert-OH is 4. The van der Waals surface area contributed by atoms with E-state index in [0.29, 0.717) is 0 Å². The van der Waals surface area contributed by atoms with E-state index in [1.54, 1.807) is 0 Å². The molecule has 0 aliphatic carbocycles. The quantitative estimate of drug-likeness (QED) is 0.270. The molecule has 1 aliphatic rings. The Kier molecular flexibility index (Phi) is 4.33. The molecule has 5 atom stereocenters. The van der Waals surface area contributed by atoms with Gasteiger partial charge in [-0.15, -0.1) is 0 Å². The standard InChI is InChI=1S/C12H15NO9/c14-4-7-9(16)10(17)11(18)12(19,22-7)5-2-1-3-6(15)8(5)13(20)21/h1-3,7,9-11,14-19H,4H2/t7-,9+,10+,11-,12-/m1/s1. The monoisotopic (exact) mass is 317 g/mol. The number of aromatic hydroxyl groups is 1. The van der Waals surface area contributed by atoms with Crippen molar-refractivity contribution in [2.45, 2.75) is 30.2 Å². The fourth-order valence-corrected chi connectivity index (χ4v) is 2.39. The van der Waals surface area contributed by atoms with Crippen molar-refractivity contribution in [2.75, 3.05) is 6.61 Å². The number of rotatable bonds is 3. The Labute approximate surface area is 123 Å². The Morgan fingerprint density at radius 2 is 1.91 bits per heavy atom. The van der Waals surface area contributed by atoms with Gasteiger partial charge in [-0.05, 0) is 12.1 Å². The summed E-state index contributed by atoms with van der Waals surface area (Å²) < 4.78 is 4.98. The zero-order valence-electron chi connectivity index (χ0n) is 11.1. The van der Waals surface area contributed by atoms with Gasteiger partial charge in [0.2, 0.25) is 5.79 Å². The predicted octanol–water partition coefficient (Wildman–Crippen LogP) is -2.08. The van der Waals surface area contributed by atoms with Crippen molar-refractivity contribution < 1.29 is 40.3 Å². The summed E-state index contributed by atoms with van der Waals surface area (Å²) in [5, 5.41) is 69.6. The van der Waals surface area contributed by atoms with Gasteiger partial charge in [0.15, 0.2) is 5.75 Å². The zero-order valence-corrected chi connectivity index (χ0v) is 11.1. The highest BCUT2D eigenvalue weighted by Gasteiger charge is 2.56. The average Bonchev–Trinajstić information content (AvgIpc) is 2.48. The summed E-state index contributed by atoms with van der Waals surface area (Å²) in [6.07, 6.45) is -7.29. The Morgan fingerprint density at radius 1 is 1.27 bits per heavy atom. The van der Waals surface area contributed by atoms with Crippen molar-refractivity contribution in [3.8, 4) is 5.75 Å². The second-order valence-electron chi connectivity index (χ2n) is 4.89. The number of phenolic OH excluding ortho intramolecular Hbond substituents is 1. The van der Waals surface area contributed by atoms with Crippen LogP contribution in [0.2, 0.25) is 0 Å². The van der Waals surface area contributed by atoms with E-state index < -0.39 is 58.7 Å². The summed E-state index contributed by atoms with van der Waals surface area (Å²) in [7, 11) is 0. The molecule has 0 bridgehead atoms. The van der Waals surface area contributed by atoms with Crippen LogP contribution in [0.25, 0.3) is 0 Å². The summed E-state index contributed by atoms with van der Waals surface area (Å²) in [5.74, 6) is -3.58. The third-order valence-corrected chi connectivity index (χ3v) is 3.55. The van der Waals surface area contributed by atoms with Crippen LogP contribution in [0.3, 0.4) is 0 Å². The van der Waals surface area contributed by atoms with E-state index in [0.717, 1.165) is 18.2 Å². The number of benzene rings is 1. The van der Waals surface area contributed by atoms with Gasteiger partial charge in [-0.3, -0.25) is 10.1 Å². The van der Waals surface area contributed by atoms with Crippen molar-refractivity contribution >= 4 is 5.69 Å². The molecule has 1 fully saturated rings. The van der Waals surface area contributed by atoms with Crippen LogP contribution in [0.4, 0.5) is 5.69 Å². The number of nitrogens with zero attached hydrogens (tertiary/aromatic N) is 1. The molecule has 0 aromatic heterocycles. The smallest absolute Gasteiger partial charge is 0.319 e. The highest BCUT2D eigenvalue weighted by atomic mass is 16.7. The Hall–Kier alpha value is -1.82. The molecule has 0 saturated carbocycles. The number of ether oxygens (including phenoxy) is 1. The number of hydrogen-bond donors (Lipinski definition) is 6. The van der Waals surface area contributed by atoms with E-state index in [9.17, 15) is 35.6 Å². The van der Waals surface area contributed by atoms with Gasteiger partial charge in [0.1, 0.15) is 24.4 Å².